The van der Waals surface area contributed by atoms with Crippen LogP contribution in [0.1, 0.15) is 51.4 Å². The van der Waals surface area contributed by atoms with Gasteiger partial charge >= 0.3 is 0 Å². The molecule has 1 saturated carbocycles. The lowest BCUT2D eigenvalue weighted by molar-refractivity contribution is 0.108. The highest BCUT2D eigenvalue weighted by Crippen LogP contribution is 2.24. The van der Waals surface area contributed by atoms with E-state index in [9.17, 15) is 0 Å². The fourth-order valence-corrected chi connectivity index (χ4v) is 4.74. The lowest BCUT2D eigenvalue weighted by Gasteiger charge is -2.37. The van der Waals surface area contributed by atoms with Crippen molar-refractivity contribution in [2.45, 2.75) is 57.9 Å². The summed E-state index contributed by atoms with van der Waals surface area (Å²) >= 11 is 0. The molecule has 0 unspecified atom stereocenters. The molecule has 2 fully saturated rings. The molecule has 4 rings (SSSR count). The number of aryl methyl sites for hydroxylation is 1. The van der Waals surface area contributed by atoms with E-state index in [4.69, 9.17) is 0 Å². The Balaban J connectivity index is 1.07. The Kier molecular flexibility index (Phi) is 7.65. The first-order valence-electron chi connectivity index (χ1n) is 11.6. The average Bonchev–Trinajstić information content (AvgIpc) is 3.25. The van der Waals surface area contributed by atoms with Crippen LogP contribution in [0.4, 0.5) is 0 Å². The summed E-state index contributed by atoms with van der Waals surface area (Å²) in [6.07, 6.45) is 10.9. The van der Waals surface area contributed by atoms with Gasteiger partial charge in [0.15, 0.2) is 0 Å². The Morgan fingerprint density at radius 3 is 2.31 bits per heavy atom. The molecule has 2 heterocycles. The Hall–Kier alpha value is -1.79. The second-order valence-corrected chi connectivity index (χ2v) is 8.78. The number of piperazine rings is 1. The quantitative estimate of drug-likeness (QED) is 0.605. The minimum atomic E-state index is 0.719. The van der Waals surface area contributed by atoms with Gasteiger partial charge in [-0.1, -0.05) is 56.0 Å². The first kappa shape index (κ1) is 20.5. The number of nitrogens with zero attached hydrogens (tertiary/aromatic N) is 6. The average molecular weight is 397 g/mol. The fraction of sp³-hybridized carbons (Fsp3) is 0.696. The molecule has 0 radical (unpaired) electrons. The van der Waals surface area contributed by atoms with Crippen molar-refractivity contribution in [1.29, 1.82) is 0 Å². The SMILES string of the molecule is c1ccc(-c2nnn(CCCCCN3CCN(CC4CCCCC4)CC3)n2)cc1. The van der Waals surface area contributed by atoms with Crippen LogP contribution in [-0.2, 0) is 6.54 Å². The fourth-order valence-electron chi connectivity index (χ4n) is 4.74. The van der Waals surface area contributed by atoms with Gasteiger partial charge in [0.05, 0.1) is 6.54 Å². The number of tetrazole rings is 1. The molecule has 2 aromatic rings. The molecule has 1 aromatic carbocycles. The molecule has 29 heavy (non-hydrogen) atoms. The van der Waals surface area contributed by atoms with Gasteiger partial charge in [-0.2, -0.15) is 4.80 Å². The third-order valence-electron chi connectivity index (χ3n) is 6.52. The van der Waals surface area contributed by atoms with Gasteiger partial charge in [0.25, 0.3) is 0 Å². The van der Waals surface area contributed by atoms with Gasteiger partial charge in [-0.15, -0.1) is 10.2 Å². The highest BCUT2D eigenvalue weighted by Gasteiger charge is 2.21. The van der Waals surface area contributed by atoms with Crippen molar-refractivity contribution >= 4 is 0 Å². The molecule has 2 aliphatic rings. The predicted molar refractivity (Wildman–Crippen MR) is 117 cm³/mol. The standard InChI is InChI=1S/C23H36N6/c1-4-10-21(11-5-1)20-28-18-16-27(17-19-28)14-8-3-9-15-29-25-23(24-26-29)22-12-6-2-7-13-22/h2,6-7,12-13,21H,1,3-5,8-11,14-20H2. The van der Waals surface area contributed by atoms with Crippen LogP contribution in [0.5, 0.6) is 0 Å². The van der Waals surface area contributed by atoms with E-state index >= 15 is 0 Å². The highest BCUT2D eigenvalue weighted by atomic mass is 15.6. The van der Waals surface area contributed by atoms with Crippen molar-refractivity contribution < 1.29 is 0 Å². The number of rotatable bonds is 9. The van der Waals surface area contributed by atoms with Gasteiger partial charge < -0.3 is 9.80 Å². The molecule has 6 heteroatoms. The van der Waals surface area contributed by atoms with Crippen LogP contribution >= 0.6 is 0 Å². The van der Waals surface area contributed by atoms with E-state index in [1.165, 1.54) is 84.2 Å². The number of aromatic nitrogens is 4. The van der Waals surface area contributed by atoms with Crippen molar-refractivity contribution in [2.75, 3.05) is 39.3 Å². The molecule has 0 spiro atoms. The normalized spacial score (nSPS) is 19.6. The monoisotopic (exact) mass is 396 g/mol. The van der Waals surface area contributed by atoms with Crippen molar-refractivity contribution in [2.24, 2.45) is 5.92 Å². The lowest BCUT2D eigenvalue weighted by Crippen LogP contribution is -2.48. The molecule has 1 aliphatic carbocycles. The van der Waals surface area contributed by atoms with E-state index < -0.39 is 0 Å². The molecule has 0 atom stereocenters. The summed E-state index contributed by atoms with van der Waals surface area (Å²) in [5, 5.41) is 12.9. The van der Waals surface area contributed by atoms with E-state index in [0.29, 0.717) is 0 Å². The molecule has 6 nitrogen and oxygen atoms in total. The molecule has 1 aliphatic heterocycles. The van der Waals surface area contributed by atoms with Crippen molar-refractivity contribution in [1.82, 2.24) is 30.0 Å². The van der Waals surface area contributed by atoms with Gasteiger partial charge in [-0.25, -0.2) is 0 Å². The van der Waals surface area contributed by atoms with Crippen LogP contribution in [0.25, 0.3) is 11.4 Å². The molecule has 1 aromatic heterocycles. The summed E-state index contributed by atoms with van der Waals surface area (Å²) in [6.45, 7) is 8.47. The first-order valence-corrected chi connectivity index (χ1v) is 11.6. The highest BCUT2D eigenvalue weighted by molar-refractivity contribution is 5.52. The zero-order valence-electron chi connectivity index (χ0n) is 17.8. The van der Waals surface area contributed by atoms with Crippen LogP contribution in [0.15, 0.2) is 30.3 Å². The van der Waals surface area contributed by atoms with Gasteiger partial charge in [0.2, 0.25) is 5.82 Å². The maximum absolute atomic E-state index is 4.50. The van der Waals surface area contributed by atoms with Crippen molar-refractivity contribution in [3.05, 3.63) is 30.3 Å². The van der Waals surface area contributed by atoms with Crippen molar-refractivity contribution in [3.63, 3.8) is 0 Å². The van der Waals surface area contributed by atoms with Gasteiger partial charge in [0.1, 0.15) is 0 Å². The van der Waals surface area contributed by atoms with Crippen LogP contribution in [0, 0.1) is 5.92 Å². The Morgan fingerprint density at radius 1 is 0.793 bits per heavy atom. The topological polar surface area (TPSA) is 50.1 Å². The molecular formula is C23H36N6. The van der Waals surface area contributed by atoms with Crippen LogP contribution < -0.4 is 0 Å². The summed E-state index contributed by atoms with van der Waals surface area (Å²) in [5.41, 5.74) is 1.03. The van der Waals surface area contributed by atoms with Crippen LogP contribution in [0.3, 0.4) is 0 Å². The number of benzene rings is 1. The Morgan fingerprint density at radius 2 is 1.52 bits per heavy atom. The smallest absolute Gasteiger partial charge is 0.204 e. The van der Waals surface area contributed by atoms with E-state index in [0.717, 1.165) is 30.3 Å². The lowest BCUT2D eigenvalue weighted by atomic mass is 9.89. The summed E-state index contributed by atoms with van der Waals surface area (Å²) in [6, 6.07) is 10.1. The Labute approximate surface area is 175 Å². The van der Waals surface area contributed by atoms with Crippen LogP contribution in [-0.4, -0.2) is 69.3 Å². The maximum Gasteiger partial charge on any atom is 0.204 e. The summed E-state index contributed by atoms with van der Waals surface area (Å²) in [4.78, 5) is 7.11. The molecular weight excluding hydrogens is 360 g/mol. The molecule has 158 valence electrons. The van der Waals surface area contributed by atoms with E-state index in [1.807, 2.05) is 30.3 Å². The second-order valence-electron chi connectivity index (χ2n) is 8.78. The molecule has 0 bridgehead atoms. The van der Waals surface area contributed by atoms with E-state index in [1.54, 1.807) is 4.80 Å². The number of unbranched alkanes of at least 4 members (excludes halogenated alkanes) is 2. The molecule has 1 saturated heterocycles. The van der Waals surface area contributed by atoms with Gasteiger partial charge in [-0.05, 0) is 43.4 Å². The van der Waals surface area contributed by atoms with Crippen LogP contribution in [0.2, 0.25) is 0 Å². The summed E-state index contributed by atoms with van der Waals surface area (Å²) < 4.78 is 0. The third-order valence-corrected chi connectivity index (χ3v) is 6.52. The Bertz CT molecular complexity index is 701. The number of hydrogen-bond donors (Lipinski definition) is 0. The molecule has 0 N–H and O–H groups in total. The minimum absolute atomic E-state index is 0.719. The predicted octanol–water partition coefficient (Wildman–Crippen LogP) is 3.71. The second kappa shape index (κ2) is 10.8. The zero-order chi connectivity index (χ0) is 19.7. The van der Waals surface area contributed by atoms with Gasteiger partial charge in [-0.3, -0.25) is 0 Å². The van der Waals surface area contributed by atoms with E-state index in [-0.39, 0.29) is 0 Å². The number of hydrogen-bond acceptors (Lipinski definition) is 5. The van der Waals surface area contributed by atoms with Crippen molar-refractivity contribution in [3.8, 4) is 11.4 Å². The first-order chi connectivity index (χ1) is 14.4. The summed E-state index contributed by atoms with van der Waals surface area (Å²) in [5.74, 6) is 1.69. The maximum atomic E-state index is 4.50. The minimum Gasteiger partial charge on any atom is -0.301 e. The summed E-state index contributed by atoms with van der Waals surface area (Å²) in [7, 11) is 0. The molecule has 0 amide bonds. The largest absolute Gasteiger partial charge is 0.301 e. The van der Waals surface area contributed by atoms with Gasteiger partial charge in [0, 0.05) is 38.3 Å². The zero-order valence-corrected chi connectivity index (χ0v) is 17.8. The van der Waals surface area contributed by atoms with E-state index in [2.05, 4.69) is 25.2 Å². The third kappa shape index (κ3) is 6.34.